The summed E-state index contributed by atoms with van der Waals surface area (Å²) in [5, 5.41) is 3.52. The first-order chi connectivity index (χ1) is 17.7. The van der Waals surface area contributed by atoms with Gasteiger partial charge in [0.05, 0.1) is 6.42 Å². The minimum absolute atomic E-state index is 0.0366. The van der Waals surface area contributed by atoms with Gasteiger partial charge in [0, 0.05) is 43.8 Å². The number of carbonyl (C=O) groups excluding carboxylic acids is 3. The van der Waals surface area contributed by atoms with Gasteiger partial charge in [0.2, 0.25) is 11.8 Å². The molecule has 0 aliphatic rings. The molecule has 2 aromatic carbocycles. The summed E-state index contributed by atoms with van der Waals surface area (Å²) in [6.45, 7) is 0.788. The summed E-state index contributed by atoms with van der Waals surface area (Å²) in [6, 6.07) is 13.7. The highest BCUT2D eigenvalue weighted by atomic mass is 16.2. The zero-order chi connectivity index (χ0) is 26.9. The Morgan fingerprint density at radius 3 is 2.32 bits per heavy atom. The lowest BCUT2D eigenvalue weighted by Crippen LogP contribution is -2.48. The highest BCUT2D eigenvalue weighted by molar-refractivity contribution is 5.92. The zero-order valence-electron chi connectivity index (χ0n) is 20.9. The van der Waals surface area contributed by atoms with Crippen LogP contribution in [0.3, 0.4) is 0 Å². The first kappa shape index (κ1) is 27.1. The van der Waals surface area contributed by atoms with Gasteiger partial charge in [0.1, 0.15) is 6.04 Å². The number of hydrogen-bond acceptors (Lipinski definition) is 4. The fourth-order valence-corrected chi connectivity index (χ4v) is 4.30. The molecule has 0 aliphatic carbocycles. The van der Waals surface area contributed by atoms with Crippen LogP contribution >= 0.6 is 0 Å². The van der Waals surface area contributed by atoms with Crippen molar-refractivity contribution in [2.45, 2.75) is 38.4 Å². The van der Waals surface area contributed by atoms with Gasteiger partial charge in [-0.25, -0.2) is 4.79 Å². The number of rotatable bonds is 12. The minimum atomic E-state index is -0.840. The van der Waals surface area contributed by atoms with Crippen molar-refractivity contribution in [1.29, 1.82) is 0 Å². The average molecular weight is 507 g/mol. The summed E-state index contributed by atoms with van der Waals surface area (Å²) in [6.07, 6.45) is 2.83. The van der Waals surface area contributed by atoms with Crippen LogP contribution in [0.15, 0.2) is 59.7 Å². The van der Waals surface area contributed by atoms with E-state index in [0.29, 0.717) is 19.4 Å². The maximum absolute atomic E-state index is 13.7. The molecule has 1 aromatic heterocycles. The van der Waals surface area contributed by atoms with Crippen LogP contribution in [-0.4, -0.2) is 45.9 Å². The highest BCUT2D eigenvalue weighted by Gasteiger charge is 2.28. The molecule has 1 atom stereocenters. The van der Waals surface area contributed by atoms with E-state index in [1.165, 1.54) is 4.90 Å². The fraction of sp³-hybridized carbons (Fsp3) is 0.308. The second-order valence-electron chi connectivity index (χ2n) is 8.88. The lowest BCUT2D eigenvalue weighted by atomic mass is 10.0. The number of nitrogens with one attached hydrogen (secondary N) is 1. The monoisotopic (exact) mass is 506 g/mol. The van der Waals surface area contributed by atoms with Crippen molar-refractivity contribution in [2.75, 3.05) is 6.54 Å². The van der Waals surface area contributed by atoms with Crippen molar-refractivity contribution >= 4 is 34.7 Å². The molecule has 0 fully saturated rings. The van der Waals surface area contributed by atoms with Crippen molar-refractivity contribution in [1.82, 2.24) is 14.8 Å². The molecule has 4 amide bonds. The van der Waals surface area contributed by atoms with Crippen LogP contribution in [-0.2, 0) is 36.1 Å². The van der Waals surface area contributed by atoms with Crippen LogP contribution < -0.4 is 28.3 Å². The molecule has 0 unspecified atom stereocenters. The molecule has 1 heterocycles. The second-order valence-corrected chi connectivity index (χ2v) is 8.88. The minimum Gasteiger partial charge on any atom is -0.370 e. The van der Waals surface area contributed by atoms with E-state index in [4.69, 9.17) is 22.9 Å². The second kappa shape index (κ2) is 12.4. The number of primary amides is 2. The number of aliphatic imine (C=N–C) groups is 1. The molecule has 9 N–H and O–H groups in total. The zero-order valence-corrected chi connectivity index (χ0v) is 20.9. The Morgan fingerprint density at radius 1 is 1.00 bits per heavy atom. The van der Waals surface area contributed by atoms with Gasteiger partial charge in [-0.1, -0.05) is 42.5 Å². The Bertz CT molecular complexity index is 1280. The number of nitrogens with zero attached hydrogens (tertiary/aromatic N) is 3. The standard InChI is InChI=1S/C26H34N8O3/c1-33-16-19(20-5-2-3-6-21(20)33)13-23(35)34(22(24(27)36)7-4-12-31-25(28)29)15-18-10-8-17(9-11-18)14-32-26(30)37/h2-3,5-6,8-11,16,22H,4,7,12-15H2,1H3,(H2,27,36)(H4,28,29,31)(H3,30,32,37)/t22-/m1/s1. The lowest BCUT2D eigenvalue weighted by Gasteiger charge is -2.30. The number of benzene rings is 2. The summed E-state index contributed by atoms with van der Waals surface area (Å²) in [4.78, 5) is 42.7. The van der Waals surface area contributed by atoms with Crippen molar-refractivity contribution in [3.63, 3.8) is 0 Å². The van der Waals surface area contributed by atoms with Gasteiger partial charge < -0.3 is 37.7 Å². The van der Waals surface area contributed by atoms with E-state index in [-0.39, 0.29) is 31.4 Å². The summed E-state index contributed by atoms with van der Waals surface area (Å²) < 4.78 is 1.97. The number of amides is 4. The predicted molar refractivity (Wildman–Crippen MR) is 143 cm³/mol. The van der Waals surface area contributed by atoms with Crippen LogP contribution in [0, 0.1) is 0 Å². The quantitative estimate of drug-likeness (QED) is 0.138. The topological polar surface area (TPSA) is 188 Å². The maximum Gasteiger partial charge on any atom is 0.312 e. The van der Waals surface area contributed by atoms with E-state index in [0.717, 1.165) is 27.6 Å². The first-order valence-corrected chi connectivity index (χ1v) is 11.9. The maximum atomic E-state index is 13.7. The van der Waals surface area contributed by atoms with Gasteiger partial charge in [-0.3, -0.25) is 14.6 Å². The molecular formula is C26H34N8O3. The van der Waals surface area contributed by atoms with Gasteiger partial charge >= 0.3 is 6.03 Å². The van der Waals surface area contributed by atoms with Crippen LogP contribution in [0.4, 0.5) is 4.79 Å². The normalized spacial score (nSPS) is 11.6. The SMILES string of the molecule is Cn1cc(CC(=O)N(Cc2ccc(CNC(N)=O)cc2)[C@H](CCCN=C(N)N)C(N)=O)c2ccccc21. The molecule has 0 aliphatic heterocycles. The molecule has 37 heavy (non-hydrogen) atoms. The average Bonchev–Trinajstić information content (AvgIpc) is 3.17. The van der Waals surface area contributed by atoms with Gasteiger partial charge in [-0.15, -0.1) is 0 Å². The number of hydrogen-bond donors (Lipinski definition) is 5. The summed E-state index contributed by atoms with van der Waals surface area (Å²) in [5.41, 5.74) is 25.3. The number of aryl methyl sites for hydroxylation is 1. The smallest absolute Gasteiger partial charge is 0.312 e. The number of aromatic nitrogens is 1. The number of carbonyl (C=O) groups is 3. The number of nitrogens with two attached hydrogens (primary N) is 4. The Balaban J connectivity index is 1.86. The van der Waals surface area contributed by atoms with Gasteiger partial charge in [0.15, 0.2) is 5.96 Å². The van der Waals surface area contributed by atoms with Crippen LogP contribution in [0.1, 0.15) is 29.5 Å². The van der Waals surface area contributed by atoms with E-state index in [9.17, 15) is 14.4 Å². The largest absolute Gasteiger partial charge is 0.370 e. The van der Waals surface area contributed by atoms with Crippen LogP contribution in [0.25, 0.3) is 10.9 Å². The van der Waals surface area contributed by atoms with Gasteiger partial charge in [-0.2, -0.15) is 0 Å². The van der Waals surface area contributed by atoms with Gasteiger partial charge in [-0.05, 0) is 35.6 Å². The van der Waals surface area contributed by atoms with Crippen molar-refractivity contribution in [3.05, 3.63) is 71.4 Å². The molecule has 3 aromatic rings. The highest BCUT2D eigenvalue weighted by Crippen LogP contribution is 2.23. The van der Waals surface area contributed by atoms with Crippen molar-refractivity contribution in [3.8, 4) is 0 Å². The molecular weight excluding hydrogens is 472 g/mol. The van der Waals surface area contributed by atoms with E-state index < -0.39 is 18.0 Å². The molecule has 11 nitrogen and oxygen atoms in total. The van der Waals surface area contributed by atoms with E-state index >= 15 is 0 Å². The van der Waals surface area contributed by atoms with E-state index in [1.54, 1.807) is 0 Å². The number of guanidine groups is 1. The Labute approximate surface area is 215 Å². The van der Waals surface area contributed by atoms with Gasteiger partial charge in [0.25, 0.3) is 0 Å². The molecule has 0 spiro atoms. The Kier molecular flexibility index (Phi) is 9.09. The molecule has 0 bridgehead atoms. The molecule has 3 rings (SSSR count). The third-order valence-electron chi connectivity index (χ3n) is 6.12. The van der Waals surface area contributed by atoms with Crippen molar-refractivity contribution in [2.24, 2.45) is 35.0 Å². The molecule has 0 radical (unpaired) electrons. The third kappa shape index (κ3) is 7.47. The van der Waals surface area contributed by atoms with Crippen molar-refractivity contribution < 1.29 is 14.4 Å². The van der Waals surface area contributed by atoms with E-state index in [1.807, 2.05) is 66.3 Å². The molecule has 196 valence electrons. The van der Waals surface area contributed by atoms with Crippen LogP contribution in [0.2, 0.25) is 0 Å². The molecule has 0 saturated heterocycles. The first-order valence-electron chi connectivity index (χ1n) is 11.9. The molecule has 0 saturated carbocycles. The van der Waals surface area contributed by atoms with E-state index in [2.05, 4.69) is 10.3 Å². The number of fused-ring (bicyclic) bond motifs is 1. The summed E-state index contributed by atoms with van der Waals surface area (Å²) >= 11 is 0. The Morgan fingerprint density at radius 2 is 1.68 bits per heavy atom. The summed E-state index contributed by atoms with van der Waals surface area (Å²) in [5.74, 6) is -0.856. The fourth-order valence-electron chi connectivity index (χ4n) is 4.30. The number of para-hydroxylation sites is 1. The predicted octanol–water partition coefficient (Wildman–Crippen LogP) is 0.825. The lowest BCUT2D eigenvalue weighted by molar-refractivity contribution is -0.139. The summed E-state index contributed by atoms with van der Waals surface area (Å²) in [7, 11) is 1.93. The Hall–Kier alpha value is -4.54. The molecule has 11 heteroatoms. The third-order valence-corrected chi connectivity index (χ3v) is 6.12. The van der Waals surface area contributed by atoms with Crippen LogP contribution in [0.5, 0.6) is 0 Å². The number of urea groups is 1.